The molecule has 0 aromatic carbocycles. The highest BCUT2D eigenvalue weighted by atomic mass is 127. The van der Waals surface area contributed by atoms with Crippen molar-refractivity contribution in [1.29, 1.82) is 0 Å². The largest absolute Gasteiger partial charge is 0.244 e. The lowest BCUT2D eigenvalue weighted by atomic mass is 9.89. The van der Waals surface area contributed by atoms with Crippen LogP contribution in [0.2, 0.25) is 0 Å². The summed E-state index contributed by atoms with van der Waals surface area (Å²) in [4.78, 5) is 8.15. The van der Waals surface area contributed by atoms with Crippen LogP contribution < -0.4 is 0 Å². The molecule has 0 saturated heterocycles. The third kappa shape index (κ3) is 3.05. The molecule has 1 aromatic heterocycles. The van der Waals surface area contributed by atoms with Gasteiger partial charge in [0.25, 0.3) is 0 Å². The standard InChI is InChI=1S/C9H13IN2/c1-9(2,3)4-7-5-11-6-12-8(7)10/h5-6H,4H2,1-3H3. The molecule has 0 radical (unpaired) electrons. The van der Waals surface area contributed by atoms with Crippen LogP contribution >= 0.6 is 22.6 Å². The Kier molecular flexibility index (Phi) is 3.04. The molecule has 0 spiro atoms. The molecule has 12 heavy (non-hydrogen) atoms. The van der Waals surface area contributed by atoms with E-state index in [4.69, 9.17) is 0 Å². The van der Waals surface area contributed by atoms with Crippen LogP contribution in [0.4, 0.5) is 0 Å². The molecule has 0 atom stereocenters. The molecule has 2 nitrogen and oxygen atoms in total. The van der Waals surface area contributed by atoms with Crippen molar-refractivity contribution in [3.8, 4) is 0 Å². The number of aromatic nitrogens is 2. The highest BCUT2D eigenvalue weighted by molar-refractivity contribution is 14.1. The van der Waals surface area contributed by atoms with E-state index < -0.39 is 0 Å². The molecule has 0 fully saturated rings. The molecule has 0 saturated carbocycles. The fourth-order valence-electron chi connectivity index (χ4n) is 1.03. The summed E-state index contributed by atoms with van der Waals surface area (Å²) in [7, 11) is 0. The average molecular weight is 276 g/mol. The molecule has 0 aliphatic carbocycles. The number of halogens is 1. The molecule has 0 bridgehead atoms. The van der Waals surface area contributed by atoms with Crippen LogP contribution in [0.25, 0.3) is 0 Å². The van der Waals surface area contributed by atoms with E-state index >= 15 is 0 Å². The van der Waals surface area contributed by atoms with Crippen LogP contribution in [-0.4, -0.2) is 9.97 Å². The van der Waals surface area contributed by atoms with Crippen molar-refractivity contribution in [2.75, 3.05) is 0 Å². The molecule has 0 aliphatic rings. The van der Waals surface area contributed by atoms with E-state index in [1.807, 2.05) is 6.20 Å². The van der Waals surface area contributed by atoms with Crippen molar-refractivity contribution < 1.29 is 0 Å². The maximum atomic E-state index is 4.14. The number of nitrogens with zero attached hydrogens (tertiary/aromatic N) is 2. The summed E-state index contributed by atoms with van der Waals surface area (Å²) in [5.41, 5.74) is 1.55. The summed E-state index contributed by atoms with van der Waals surface area (Å²) in [6.45, 7) is 6.65. The molecular formula is C9H13IN2. The Bertz CT molecular complexity index is 265. The fourth-order valence-corrected chi connectivity index (χ4v) is 1.49. The van der Waals surface area contributed by atoms with Crippen molar-refractivity contribution in [1.82, 2.24) is 9.97 Å². The molecule has 0 N–H and O–H groups in total. The van der Waals surface area contributed by atoms with E-state index in [0.29, 0.717) is 5.41 Å². The van der Waals surface area contributed by atoms with Crippen molar-refractivity contribution in [3.63, 3.8) is 0 Å². The van der Waals surface area contributed by atoms with Gasteiger partial charge in [-0.3, -0.25) is 0 Å². The third-order valence-corrected chi connectivity index (χ3v) is 2.43. The Balaban J connectivity index is 2.83. The Morgan fingerprint density at radius 3 is 2.58 bits per heavy atom. The summed E-state index contributed by atoms with van der Waals surface area (Å²) >= 11 is 2.25. The zero-order chi connectivity index (χ0) is 9.19. The second kappa shape index (κ2) is 3.68. The Morgan fingerprint density at radius 1 is 1.42 bits per heavy atom. The quantitative estimate of drug-likeness (QED) is 0.582. The van der Waals surface area contributed by atoms with Crippen LogP contribution in [-0.2, 0) is 6.42 Å². The summed E-state index contributed by atoms with van der Waals surface area (Å²) in [6, 6.07) is 0. The maximum absolute atomic E-state index is 4.14. The molecule has 1 heterocycles. The van der Waals surface area contributed by atoms with Gasteiger partial charge in [0.1, 0.15) is 10.0 Å². The minimum atomic E-state index is 0.310. The van der Waals surface area contributed by atoms with Gasteiger partial charge in [0.15, 0.2) is 0 Å². The number of rotatable bonds is 1. The van der Waals surface area contributed by atoms with E-state index in [0.717, 1.165) is 10.1 Å². The molecule has 3 heteroatoms. The van der Waals surface area contributed by atoms with E-state index in [1.54, 1.807) is 6.33 Å². The second-order valence-electron chi connectivity index (χ2n) is 4.08. The first kappa shape index (κ1) is 9.89. The lowest BCUT2D eigenvalue weighted by molar-refractivity contribution is 0.409. The molecule has 0 unspecified atom stereocenters. The second-order valence-corrected chi connectivity index (χ2v) is 5.10. The van der Waals surface area contributed by atoms with Crippen molar-refractivity contribution >= 4 is 22.6 Å². The van der Waals surface area contributed by atoms with Crippen LogP contribution in [0.1, 0.15) is 26.3 Å². The van der Waals surface area contributed by atoms with E-state index in [1.165, 1.54) is 5.56 Å². The minimum absolute atomic E-state index is 0.310. The van der Waals surface area contributed by atoms with Crippen LogP contribution in [0.3, 0.4) is 0 Å². The number of hydrogen-bond donors (Lipinski definition) is 0. The molecule has 1 aromatic rings. The lowest BCUT2D eigenvalue weighted by Gasteiger charge is -2.17. The maximum Gasteiger partial charge on any atom is 0.116 e. The van der Waals surface area contributed by atoms with Crippen LogP contribution in [0.15, 0.2) is 12.5 Å². The molecule has 1 rings (SSSR count). The Hall–Kier alpha value is -0.190. The van der Waals surface area contributed by atoms with Gasteiger partial charge >= 0.3 is 0 Å². The molecule has 0 amide bonds. The molecular weight excluding hydrogens is 263 g/mol. The SMILES string of the molecule is CC(C)(C)Cc1cncnc1I. The highest BCUT2D eigenvalue weighted by Gasteiger charge is 2.13. The van der Waals surface area contributed by atoms with Crippen molar-refractivity contribution in [2.45, 2.75) is 27.2 Å². The van der Waals surface area contributed by atoms with Gasteiger partial charge in [0, 0.05) is 11.8 Å². The van der Waals surface area contributed by atoms with Crippen molar-refractivity contribution in [2.24, 2.45) is 5.41 Å². The van der Waals surface area contributed by atoms with Gasteiger partial charge in [-0.15, -0.1) is 0 Å². The first-order valence-corrected chi connectivity index (χ1v) is 5.01. The Morgan fingerprint density at radius 2 is 2.08 bits per heavy atom. The van der Waals surface area contributed by atoms with Gasteiger partial charge in [-0.05, 0) is 34.4 Å². The predicted molar refractivity (Wildman–Crippen MR) is 57.9 cm³/mol. The predicted octanol–water partition coefficient (Wildman–Crippen LogP) is 2.67. The van der Waals surface area contributed by atoms with Gasteiger partial charge in [0.2, 0.25) is 0 Å². The first-order valence-electron chi connectivity index (χ1n) is 3.93. The highest BCUT2D eigenvalue weighted by Crippen LogP contribution is 2.21. The van der Waals surface area contributed by atoms with Crippen LogP contribution in [0.5, 0.6) is 0 Å². The normalized spacial score (nSPS) is 11.7. The average Bonchev–Trinajstić information content (AvgIpc) is 1.91. The minimum Gasteiger partial charge on any atom is -0.244 e. The monoisotopic (exact) mass is 276 g/mol. The van der Waals surface area contributed by atoms with Gasteiger partial charge in [-0.25, -0.2) is 9.97 Å². The lowest BCUT2D eigenvalue weighted by Crippen LogP contribution is -2.11. The first-order chi connectivity index (χ1) is 5.49. The smallest absolute Gasteiger partial charge is 0.116 e. The van der Waals surface area contributed by atoms with E-state index in [2.05, 4.69) is 53.3 Å². The molecule has 0 aliphatic heterocycles. The van der Waals surface area contributed by atoms with Gasteiger partial charge < -0.3 is 0 Å². The van der Waals surface area contributed by atoms with Gasteiger partial charge in [0.05, 0.1) is 0 Å². The summed E-state index contributed by atoms with van der Waals surface area (Å²) in [6.07, 6.45) is 4.53. The van der Waals surface area contributed by atoms with Gasteiger partial charge in [-0.1, -0.05) is 20.8 Å². The fraction of sp³-hybridized carbons (Fsp3) is 0.556. The topological polar surface area (TPSA) is 25.8 Å². The summed E-state index contributed by atoms with van der Waals surface area (Å²) < 4.78 is 1.07. The summed E-state index contributed by atoms with van der Waals surface area (Å²) in [5.74, 6) is 0. The zero-order valence-corrected chi connectivity index (χ0v) is 9.79. The third-order valence-electron chi connectivity index (χ3n) is 1.45. The van der Waals surface area contributed by atoms with Crippen LogP contribution in [0, 0.1) is 9.12 Å². The summed E-state index contributed by atoms with van der Waals surface area (Å²) in [5, 5.41) is 0. The van der Waals surface area contributed by atoms with Crippen molar-refractivity contribution in [3.05, 3.63) is 21.8 Å². The Labute approximate surface area is 87.0 Å². The number of hydrogen-bond acceptors (Lipinski definition) is 2. The zero-order valence-electron chi connectivity index (χ0n) is 7.63. The van der Waals surface area contributed by atoms with E-state index in [9.17, 15) is 0 Å². The molecule has 66 valence electrons. The van der Waals surface area contributed by atoms with Gasteiger partial charge in [-0.2, -0.15) is 0 Å². The van der Waals surface area contributed by atoms with E-state index in [-0.39, 0.29) is 0 Å².